The molecule has 1 atom stereocenters. The third kappa shape index (κ3) is 4.40. The van der Waals surface area contributed by atoms with Gasteiger partial charge in [-0.3, -0.25) is 4.79 Å². The summed E-state index contributed by atoms with van der Waals surface area (Å²) in [7, 11) is 0. The summed E-state index contributed by atoms with van der Waals surface area (Å²) in [5, 5.41) is 3.32. The minimum absolute atomic E-state index is 0.0502. The Bertz CT molecular complexity index is 435. The number of rotatable bonds is 6. The number of anilines is 1. The number of nitrogen functional groups attached to an aromatic ring is 1. The van der Waals surface area contributed by atoms with Gasteiger partial charge in [0.05, 0.1) is 28.9 Å². The zero-order valence-corrected chi connectivity index (χ0v) is 12.3. The van der Waals surface area contributed by atoms with Gasteiger partial charge in [-0.05, 0) is 25.0 Å². The number of halogens is 1. The van der Waals surface area contributed by atoms with Crippen LogP contribution in [0.5, 0.6) is 0 Å². The second-order valence-corrected chi connectivity index (χ2v) is 5.09. The standard InChI is InChI=1S/C14H21ClN2O2/c1-4-19-8-12(9(2)3)17-14(18)10-6-5-7-11(15)13(10)16/h5-7,9,12H,4,8,16H2,1-3H3,(H,17,18). The van der Waals surface area contributed by atoms with Crippen LogP contribution < -0.4 is 11.1 Å². The van der Waals surface area contributed by atoms with Gasteiger partial charge in [0, 0.05) is 6.61 Å². The van der Waals surface area contributed by atoms with Gasteiger partial charge in [-0.25, -0.2) is 0 Å². The summed E-state index contributed by atoms with van der Waals surface area (Å²) in [6, 6.07) is 4.98. The molecule has 0 saturated heterocycles. The maximum atomic E-state index is 12.2. The number of hydrogen-bond acceptors (Lipinski definition) is 3. The molecule has 0 aromatic heterocycles. The van der Waals surface area contributed by atoms with Crippen LogP contribution in [0, 0.1) is 5.92 Å². The molecule has 0 fully saturated rings. The Hall–Kier alpha value is -1.26. The summed E-state index contributed by atoms with van der Waals surface area (Å²) < 4.78 is 5.38. The highest BCUT2D eigenvalue weighted by Gasteiger charge is 2.19. The minimum Gasteiger partial charge on any atom is -0.397 e. The molecule has 0 spiro atoms. The lowest BCUT2D eigenvalue weighted by Gasteiger charge is -2.22. The van der Waals surface area contributed by atoms with E-state index in [2.05, 4.69) is 5.32 Å². The smallest absolute Gasteiger partial charge is 0.253 e. The van der Waals surface area contributed by atoms with Gasteiger partial charge in [0.15, 0.2) is 0 Å². The molecule has 1 rings (SSSR count). The van der Waals surface area contributed by atoms with Gasteiger partial charge in [0.1, 0.15) is 0 Å². The molecule has 0 bridgehead atoms. The summed E-state index contributed by atoms with van der Waals surface area (Å²) in [5.41, 5.74) is 6.52. The van der Waals surface area contributed by atoms with E-state index in [0.717, 1.165) is 0 Å². The van der Waals surface area contributed by atoms with Crippen molar-refractivity contribution in [1.29, 1.82) is 0 Å². The number of hydrogen-bond donors (Lipinski definition) is 2. The van der Waals surface area contributed by atoms with Crippen LogP contribution in [-0.4, -0.2) is 25.2 Å². The fourth-order valence-corrected chi connectivity index (χ4v) is 1.80. The van der Waals surface area contributed by atoms with Crippen molar-refractivity contribution < 1.29 is 9.53 Å². The van der Waals surface area contributed by atoms with E-state index in [9.17, 15) is 4.79 Å². The van der Waals surface area contributed by atoms with E-state index in [1.165, 1.54) is 0 Å². The number of benzene rings is 1. The second-order valence-electron chi connectivity index (χ2n) is 4.68. The molecule has 0 aliphatic heterocycles. The number of carbonyl (C=O) groups is 1. The number of carbonyl (C=O) groups excluding carboxylic acids is 1. The van der Waals surface area contributed by atoms with Crippen LogP contribution in [0.25, 0.3) is 0 Å². The average molecular weight is 285 g/mol. The van der Waals surface area contributed by atoms with Gasteiger partial charge >= 0.3 is 0 Å². The Balaban J connectivity index is 2.79. The molecular formula is C14H21ClN2O2. The molecule has 0 heterocycles. The van der Waals surface area contributed by atoms with Crippen LogP contribution >= 0.6 is 11.6 Å². The molecule has 19 heavy (non-hydrogen) atoms. The first-order valence-electron chi connectivity index (χ1n) is 6.40. The van der Waals surface area contributed by atoms with Gasteiger partial charge in [-0.1, -0.05) is 31.5 Å². The van der Waals surface area contributed by atoms with Crippen LogP contribution in [0.3, 0.4) is 0 Å². The number of nitrogens with two attached hydrogens (primary N) is 1. The molecule has 0 aliphatic carbocycles. The van der Waals surface area contributed by atoms with Crippen molar-refractivity contribution in [3.63, 3.8) is 0 Å². The molecule has 1 unspecified atom stereocenters. The normalized spacial score (nSPS) is 12.5. The zero-order chi connectivity index (χ0) is 14.4. The minimum atomic E-state index is -0.224. The van der Waals surface area contributed by atoms with Crippen molar-refractivity contribution in [2.45, 2.75) is 26.8 Å². The summed E-state index contributed by atoms with van der Waals surface area (Å²) in [6.07, 6.45) is 0. The number of nitrogens with one attached hydrogen (secondary N) is 1. The first-order chi connectivity index (χ1) is 8.97. The highest BCUT2D eigenvalue weighted by molar-refractivity contribution is 6.33. The first-order valence-corrected chi connectivity index (χ1v) is 6.77. The van der Waals surface area contributed by atoms with Gasteiger partial charge in [0.2, 0.25) is 0 Å². The van der Waals surface area contributed by atoms with Crippen molar-refractivity contribution in [1.82, 2.24) is 5.32 Å². The number of ether oxygens (including phenoxy) is 1. The molecule has 3 N–H and O–H groups in total. The second kappa shape index (κ2) is 7.36. The lowest BCUT2D eigenvalue weighted by Crippen LogP contribution is -2.42. The van der Waals surface area contributed by atoms with Crippen LogP contribution in [0.2, 0.25) is 5.02 Å². The first kappa shape index (κ1) is 15.8. The third-order valence-electron chi connectivity index (χ3n) is 2.92. The fourth-order valence-electron chi connectivity index (χ4n) is 1.63. The van der Waals surface area contributed by atoms with Gasteiger partial charge in [0.25, 0.3) is 5.91 Å². The van der Waals surface area contributed by atoms with E-state index in [1.54, 1.807) is 18.2 Å². The molecule has 0 aliphatic rings. The zero-order valence-electron chi connectivity index (χ0n) is 11.6. The Morgan fingerprint density at radius 3 is 2.74 bits per heavy atom. The van der Waals surface area contributed by atoms with Crippen LogP contribution in [0.1, 0.15) is 31.1 Å². The largest absolute Gasteiger partial charge is 0.397 e. The molecule has 4 nitrogen and oxygen atoms in total. The van der Waals surface area contributed by atoms with E-state index in [0.29, 0.717) is 29.5 Å². The molecule has 0 saturated carbocycles. The molecule has 1 aromatic carbocycles. The molecule has 1 aromatic rings. The molecule has 106 valence electrons. The highest BCUT2D eigenvalue weighted by Crippen LogP contribution is 2.22. The Labute approximate surface area is 119 Å². The summed E-state index contributed by atoms with van der Waals surface area (Å²) >= 11 is 5.91. The SMILES string of the molecule is CCOCC(NC(=O)c1cccc(Cl)c1N)C(C)C. The Morgan fingerprint density at radius 1 is 1.47 bits per heavy atom. The van der Waals surface area contributed by atoms with E-state index in [4.69, 9.17) is 22.1 Å². The molecule has 0 radical (unpaired) electrons. The lowest BCUT2D eigenvalue weighted by molar-refractivity contribution is 0.0807. The predicted molar refractivity (Wildman–Crippen MR) is 78.4 cm³/mol. The topological polar surface area (TPSA) is 64.3 Å². The van der Waals surface area contributed by atoms with Gasteiger partial charge in [-0.15, -0.1) is 0 Å². The summed E-state index contributed by atoms with van der Waals surface area (Å²) in [5.74, 6) is 0.0503. The van der Waals surface area contributed by atoms with E-state index >= 15 is 0 Å². The summed E-state index contributed by atoms with van der Waals surface area (Å²) in [4.78, 5) is 12.2. The maximum absolute atomic E-state index is 12.2. The fraction of sp³-hybridized carbons (Fsp3) is 0.500. The van der Waals surface area contributed by atoms with Gasteiger partial charge < -0.3 is 15.8 Å². The van der Waals surface area contributed by atoms with Crippen molar-refractivity contribution in [2.75, 3.05) is 18.9 Å². The van der Waals surface area contributed by atoms with Crippen LogP contribution in [0.4, 0.5) is 5.69 Å². The Morgan fingerprint density at radius 2 is 2.16 bits per heavy atom. The van der Waals surface area contributed by atoms with Crippen molar-refractivity contribution >= 4 is 23.2 Å². The monoisotopic (exact) mass is 284 g/mol. The van der Waals surface area contributed by atoms with E-state index in [1.807, 2.05) is 20.8 Å². The average Bonchev–Trinajstić information content (AvgIpc) is 2.37. The maximum Gasteiger partial charge on any atom is 0.253 e. The van der Waals surface area contributed by atoms with Crippen molar-refractivity contribution in [3.8, 4) is 0 Å². The number of para-hydroxylation sites is 1. The molecular weight excluding hydrogens is 264 g/mol. The number of amides is 1. The molecule has 1 amide bonds. The Kier molecular flexibility index (Phi) is 6.12. The van der Waals surface area contributed by atoms with Crippen molar-refractivity contribution in [3.05, 3.63) is 28.8 Å². The van der Waals surface area contributed by atoms with Gasteiger partial charge in [-0.2, -0.15) is 0 Å². The van der Waals surface area contributed by atoms with E-state index in [-0.39, 0.29) is 17.9 Å². The van der Waals surface area contributed by atoms with Crippen LogP contribution in [-0.2, 0) is 4.74 Å². The summed E-state index contributed by atoms with van der Waals surface area (Å²) in [6.45, 7) is 7.10. The lowest BCUT2D eigenvalue weighted by atomic mass is 10.0. The molecule has 5 heteroatoms. The van der Waals surface area contributed by atoms with Crippen LogP contribution in [0.15, 0.2) is 18.2 Å². The third-order valence-corrected chi connectivity index (χ3v) is 3.25. The van der Waals surface area contributed by atoms with Crippen molar-refractivity contribution in [2.24, 2.45) is 5.92 Å². The highest BCUT2D eigenvalue weighted by atomic mass is 35.5. The predicted octanol–water partition coefficient (Wildman–Crippen LogP) is 2.71. The quantitative estimate of drug-likeness (QED) is 0.790. The van der Waals surface area contributed by atoms with E-state index < -0.39 is 0 Å².